The lowest BCUT2D eigenvalue weighted by Gasteiger charge is -2.35. The Balaban J connectivity index is 1.85. The first kappa shape index (κ1) is 18.1. The van der Waals surface area contributed by atoms with E-state index in [1.807, 2.05) is 0 Å². The number of rotatable bonds is 2. The molecule has 2 aromatic heterocycles. The number of nitrogens with two attached hydrogens (primary N) is 1. The standard InChI is InChI=1S/C16H21FN6O3/c1-16(2,3)26-15(24)22-4-5-25-8-12(22)13-20-9-23(21-13)14-11(17)6-10(18)7-19-14/h6-7,9,12H,4-5,8,18H2,1-3H3. The second-order valence-corrected chi connectivity index (χ2v) is 6.89. The van der Waals surface area contributed by atoms with Gasteiger partial charge in [0.1, 0.15) is 18.0 Å². The van der Waals surface area contributed by atoms with Gasteiger partial charge in [-0.05, 0) is 20.8 Å². The van der Waals surface area contributed by atoms with Gasteiger partial charge in [-0.3, -0.25) is 4.90 Å². The maximum absolute atomic E-state index is 14.0. The van der Waals surface area contributed by atoms with Gasteiger partial charge in [0.15, 0.2) is 17.5 Å². The third-order valence-corrected chi connectivity index (χ3v) is 3.62. The topological polar surface area (TPSA) is 108 Å². The summed E-state index contributed by atoms with van der Waals surface area (Å²) < 4.78 is 26.1. The van der Waals surface area contributed by atoms with Gasteiger partial charge in [0.2, 0.25) is 0 Å². The fourth-order valence-corrected chi connectivity index (χ4v) is 2.50. The minimum absolute atomic E-state index is 0.0292. The molecule has 1 unspecified atom stereocenters. The number of nitrogen functional groups attached to an aromatic ring is 1. The zero-order chi connectivity index (χ0) is 18.9. The molecule has 0 saturated carbocycles. The molecular weight excluding hydrogens is 343 g/mol. The molecule has 1 amide bonds. The van der Waals surface area contributed by atoms with Crippen molar-refractivity contribution in [2.75, 3.05) is 25.5 Å². The lowest BCUT2D eigenvalue weighted by atomic mass is 10.2. The predicted molar refractivity (Wildman–Crippen MR) is 90.0 cm³/mol. The molecule has 1 aliphatic heterocycles. The molecule has 1 fully saturated rings. The number of carbonyl (C=O) groups excluding carboxylic acids is 1. The lowest BCUT2D eigenvalue weighted by molar-refractivity contribution is -0.0350. The Morgan fingerprint density at radius 2 is 2.19 bits per heavy atom. The van der Waals surface area contributed by atoms with E-state index in [-0.39, 0.29) is 18.1 Å². The summed E-state index contributed by atoms with van der Waals surface area (Å²) >= 11 is 0. The number of carbonyl (C=O) groups is 1. The molecule has 0 spiro atoms. The molecule has 3 heterocycles. The zero-order valence-corrected chi connectivity index (χ0v) is 14.8. The average Bonchev–Trinajstić information content (AvgIpc) is 3.03. The summed E-state index contributed by atoms with van der Waals surface area (Å²) in [6.07, 6.45) is 2.19. The van der Waals surface area contributed by atoms with Crippen LogP contribution in [0.3, 0.4) is 0 Å². The van der Waals surface area contributed by atoms with E-state index in [4.69, 9.17) is 15.2 Å². The molecule has 1 aliphatic rings. The summed E-state index contributed by atoms with van der Waals surface area (Å²) in [5, 5.41) is 4.26. The number of nitrogens with zero attached hydrogens (tertiary/aromatic N) is 5. The Bertz CT molecular complexity index is 804. The smallest absolute Gasteiger partial charge is 0.411 e. The number of aromatic nitrogens is 4. The van der Waals surface area contributed by atoms with E-state index in [9.17, 15) is 9.18 Å². The van der Waals surface area contributed by atoms with Gasteiger partial charge >= 0.3 is 6.09 Å². The van der Waals surface area contributed by atoms with Crippen LogP contribution in [0.4, 0.5) is 14.9 Å². The van der Waals surface area contributed by atoms with Crippen molar-refractivity contribution in [1.29, 1.82) is 0 Å². The van der Waals surface area contributed by atoms with Gasteiger partial charge in [0.25, 0.3) is 0 Å². The SMILES string of the molecule is CC(C)(C)OC(=O)N1CCOCC1c1ncn(-c2ncc(N)cc2F)n1. The Morgan fingerprint density at radius 3 is 2.88 bits per heavy atom. The van der Waals surface area contributed by atoms with E-state index in [0.29, 0.717) is 19.0 Å². The van der Waals surface area contributed by atoms with Crippen LogP contribution in [0.15, 0.2) is 18.6 Å². The van der Waals surface area contributed by atoms with Crippen molar-refractivity contribution in [1.82, 2.24) is 24.6 Å². The molecular formula is C16H21FN6O3. The minimum Gasteiger partial charge on any atom is -0.444 e. The monoisotopic (exact) mass is 364 g/mol. The quantitative estimate of drug-likeness (QED) is 0.864. The van der Waals surface area contributed by atoms with Crippen molar-refractivity contribution in [3.8, 4) is 5.82 Å². The minimum atomic E-state index is -0.621. The molecule has 140 valence electrons. The second kappa shape index (κ2) is 6.87. The molecule has 10 heteroatoms. The van der Waals surface area contributed by atoms with Crippen LogP contribution in [0.2, 0.25) is 0 Å². The highest BCUT2D eigenvalue weighted by molar-refractivity contribution is 5.68. The van der Waals surface area contributed by atoms with Crippen LogP contribution < -0.4 is 5.73 Å². The molecule has 26 heavy (non-hydrogen) atoms. The molecule has 1 saturated heterocycles. The van der Waals surface area contributed by atoms with Gasteiger partial charge < -0.3 is 15.2 Å². The Morgan fingerprint density at radius 1 is 1.42 bits per heavy atom. The van der Waals surface area contributed by atoms with E-state index in [1.165, 1.54) is 22.1 Å². The van der Waals surface area contributed by atoms with Crippen LogP contribution >= 0.6 is 0 Å². The first-order valence-corrected chi connectivity index (χ1v) is 8.15. The van der Waals surface area contributed by atoms with Crippen molar-refractivity contribution in [3.63, 3.8) is 0 Å². The van der Waals surface area contributed by atoms with Gasteiger partial charge in [-0.15, -0.1) is 5.10 Å². The second-order valence-electron chi connectivity index (χ2n) is 6.89. The summed E-state index contributed by atoms with van der Waals surface area (Å²) in [6.45, 7) is 6.35. The number of amides is 1. The van der Waals surface area contributed by atoms with Crippen molar-refractivity contribution < 1.29 is 18.7 Å². The van der Waals surface area contributed by atoms with Gasteiger partial charge in [-0.2, -0.15) is 4.68 Å². The lowest BCUT2D eigenvalue weighted by Crippen LogP contribution is -2.46. The molecule has 0 radical (unpaired) electrons. The molecule has 0 aromatic carbocycles. The number of anilines is 1. The number of hydrogen-bond donors (Lipinski definition) is 1. The molecule has 0 bridgehead atoms. The van der Waals surface area contributed by atoms with Gasteiger partial charge in [0, 0.05) is 12.6 Å². The fourth-order valence-electron chi connectivity index (χ4n) is 2.50. The Kier molecular flexibility index (Phi) is 4.77. The zero-order valence-electron chi connectivity index (χ0n) is 14.8. The Labute approximate surface area is 149 Å². The highest BCUT2D eigenvalue weighted by Crippen LogP contribution is 2.24. The van der Waals surface area contributed by atoms with Crippen LogP contribution in [-0.2, 0) is 9.47 Å². The molecule has 1 atom stereocenters. The summed E-state index contributed by atoms with van der Waals surface area (Å²) in [5.41, 5.74) is 5.10. The van der Waals surface area contributed by atoms with Gasteiger partial charge in [0.05, 0.1) is 25.1 Å². The first-order valence-electron chi connectivity index (χ1n) is 8.15. The summed E-state index contributed by atoms with van der Waals surface area (Å²) in [5.74, 6) is -0.336. The summed E-state index contributed by atoms with van der Waals surface area (Å²) in [6, 6.07) is 0.622. The Hall–Kier alpha value is -2.75. The summed E-state index contributed by atoms with van der Waals surface area (Å²) in [4.78, 5) is 22.1. The summed E-state index contributed by atoms with van der Waals surface area (Å²) in [7, 11) is 0. The van der Waals surface area contributed by atoms with Crippen LogP contribution in [0, 0.1) is 5.82 Å². The van der Waals surface area contributed by atoms with Crippen molar-refractivity contribution in [3.05, 3.63) is 30.2 Å². The van der Waals surface area contributed by atoms with E-state index >= 15 is 0 Å². The van der Waals surface area contributed by atoms with E-state index < -0.39 is 23.6 Å². The highest BCUT2D eigenvalue weighted by atomic mass is 19.1. The van der Waals surface area contributed by atoms with Gasteiger partial charge in [-0.1, -0.05) is 0 Å². The number of ether oxygens (including phenoxy) is 2. The molecule has 3 rings (SSSR count). The van der Waals surface area contributed by atoms with Crippen LogP contribution in [0.5, 0.6) is 0 Å². The molecule has 0 aliphatic carbocycles. The first-order chi connectivity index (χ1) is 12.2. The van der Waals surface area contributed by atoms with Crippen molar-refractivity contribution in [2.45, 2.75) is 32.4 Å². The molecule has 9 nitrogen and oxygen atoms in total. The van der Waals surface area contributed by atoms with Crippen LogP contribution in [0.25, 0.3) is 5.82 Å². The number of hydrogen-bond acceptors (Lipinski definition) is 7. The number of morpholine rings is 1. The predicted octanol–water partition coefficient (Wildman–Crippen LogP) is 1.69. The number of halogens is 1. The highest BCUT2D eigenvalue weighted by Gasteiger charge is 2.34. The molecule has 2 N–H and O–H groups in total. The maximum atomic E-state index is 14.0. The average molecular weight is 364 g/mol. The normalized spacial score (nSPS) is 18.0. The van der Waals surface area contributed by atoms with Crippen molar-refractivity contribution in [2.24, 2.45) is 0 Å². The van der Waals surface area contributed by atoms with E-state index in [1.54, 1.807) is 20.8 Å². The van der Waals surface area contributed by atoms with Crippen LogP contribution in [0.1, 0.15) is 32.6 Å². The fraction of sp³-hybridized carbons (Fsp3) is 0.500. The van der Waals surface area contributed by atoms with E-state index in [2.05, 4.69) is 15.1 Å². The third kappa shape index (κ3) is 3.90. The number of pyridine rings is 1. The van der Waals surface area contributed by atoms with E-state index in [0.717, 1.165) is 6.07 Å². The third-order valence-electron chi connectivity index (χ3n) is 3.62. The largest absolute Gasteiger partial charge is 0.444 e. The van der Waals surface area contributed by atoms with Crippen molar-refractivity contribution >= 4 is 11.8 Å². The van der Waals surface area contributed by atoms with Crippen LogP contribution in [-0.4, -0.2) is 56.1 Å². The van der Waals surface area contributed by atoms with Gasteiger partial charge in [-0.25, -0.2) is 19.2 Å². The molecule has 2 aromatic rings. The maximum Gasteiger partial charge on any atom is 0.411 e.